The van der Waals surface area contributed by atoms with Crippen LogP contribution in [-0.2, 0) is 30.6 Å². The third-order valence-corrected chi connectivity index (χ3v) is 6.27. The summed E-state index contributed by atoms with van der Waals surface area (Å²) in [6.07, 6.45) is 2.41. The Bertz CT molecular complexity index is 1470. The molecular weight excluding hydrogens is 450 g/mol. The number of hydrogen-bond donors (Lipinski definition) is 1. The van der Waals surface area contributed by atoms with Gasteiger partial charge in [-0.25, -0.2) is 4.98 Å². The van der Waals surface area contributed by atoms with Crippen molar-refractivity contribution in [2.45, 2.75) is 46.1 Å². The standard InChI is InChI=1S/C29H29N5O2/c1-3-34-25-7-5-4-6-24(25)31-26(34)17-12-21-10-15-23(16-11-21)30-27(35)18-19-28-32-29(33-36-28)22-13-8-20(2)9-14-22/h4-11,13-16H,3,12,17-19H2,1-2H3,(H,30,35). The Morgan fingerprint density at radius 3 is 2.47 bits per heavy atom. The summed E-state index contributed by atoms with van der Waals surface area (Å²) in [4.78, 5) is 21.7. The summed E-state index contributed by atoms with van der Waals surface area (Å²) in [7, 11) is 0. The molecule has 0 aliphatic rings. The van der Waals surface area contributed by atoms with Gasteiger partial charge in [0.05, 0.1) is 11.0 Å². The molecular formula is C29H29N5O2. The van der Waals surface area contributed by atoms with Crippen molar-refractivity contribution < 1.29 is 9.32 Å². The summed E-state index contributed by atoms with van der Waals surface area (Å²) in [5, 5.41) is 6.97. The molecule has 7 heteroatoms. The maximum absolute atomic E-state index is 12.4. The van der Waals surface area contributed by atoms with Crippen molar-refractivity contribution in [2.24, 2.45) is 0 Å². The van der Waals surface area contributed by atoms with Crippen LogP contribution in [0.5, 0.6) is 0 Å². The van der Waals surface area contributed by atoms with Crippen molar-refractivity contribution in [2.75, 3.05) is 5.32 Å². The molecule has 0 aliphatic heterocycles. The summed E-state index contributed by atoms with van der Waals surface area (Å²) in [5.74, 6) is 2.00. The molecule has 0 bridgehead atoms. The number of carbonyl (C=O) groups is 1. The maximum Gasteiger partial charge on any atom is 0.227 e. The summed E-state index contributed by atoms with van der Waals surface area (Å²) >= 11 is 0. The molecule has 0 spiro atoms. The van der Waals surface area contributed by atoms with Gasteiger partial charge in [0, 0.05) is 37.1 Å². The number of aromatic nitrogens is 4. The van der Waals surface area contributed by atoms with E-state index in [9.17, 15) is 4.79 Å². The van der Waals surface area contributed by atoms with E-state index in [0.717, 1.165) is 42.0 Å². The lowest BCUT2D eigenvalue weighted by Crippen LogP contribution is -2.12. The molecule has 7 nitrogen and oxygen atoms in total. The molecule has 36 heavy (non-hydrogen) atoms. The molecule has 0 fully saturated rings. The first-order valence-corrected chi connectivity index (χ1v) is 12.3. The number of aryl methyl sites for hydroxylation is 5. The van der Waals surface area contributed by atoms with Gasteiger partial charge in [0.1, 0.15) is 5.82 Å². The van der Waals surface area contributed by atoms with Gasteiger partial charge in [-0.1, -0.05) is 59.3 Å². The monoisotopic (exact) mass is 479 g/mol. The van der Waals surface area contributed by atoms with Crippen molar-refractivity contribution in [3.63, 3.8) is 0 Å². The minimum Gasteiger partial charge on any atom is -0.339 e. The molecule has 0 saturated heterocycles. The predicted octanol–water partition coefficient (Wildman–Crippen LogP) is 5.77. The highest BCUT2D eigenvalue weighted by molar-refractivity contribution is 5.90. The molecule has 0 atom stereocenters. The number of anilines is 1. The molecule has 0 aliphatic carbocycles. The molecule has 3 aromatic carbocycles. The zero-order valence-electron chi connectivity index (χ0n) is 20.6. The lowest BCUT2D eigenvalue weighted by Gasteiger charge is -2.08. The van der Waals surface area contributed by atoms with Crippen LogP contribution >= 0.6 is 0 Å². The van der Waals surface area contributed by atoms with E-state index in [1.807, 2.05) is 49.4 Å². The third-order valence-electron chi connectivity index (χ3n) is 6.27. The number of nitrogens with one attached hydrogen (secondary N) is 1. The topological polar surface area (TPSA) is 85.8 Å². The zero-order valence-corrected chi connectivity index (χ0v) is 20.6. The Labute approximate surface area is 210 Å². The number of imidazole rings is 1. The van der Waals surface area contributed by atoms with Crippen molar-refractivity contribution in [3.8, 4) is 11.4 Å². The molecule has 5 aromatic rings. The van der Waals surface area contributed by atoms with Crippen LogP contribution in [0.25, 0.3) is 22.4 Å². The molecule has 0 unspecified atom stereocenters. The second kappa shape index (κ2) is 10.6. The van der Waals surface area contributed by atoms with Crippen molar-refractivity contribution in [1.29, 1.82) is 0 Å². The van der Waals surface area contributed by atoms with E-state index in [4.69, 9.17) is 9.51 Å². The second-order valence-corrected chi connectivity index (χ2v) is 8.88. The molecule has 5 rings (SSSR count). The number of carbonyl (C=O) groups excluding carboxylic acids is 1. The zero-order chi connectivity index (χ0) is 24.9. The number of fused-ring (bicyclic) bond motifs is 1. The van der Waals surface area contributed by atoms with E-state index < -0.39 is 0 Å². The van der Waals surface area contributed by atoms with Gasteiger partial charge in [0.15, 0.2) is 0 Å². The fraction of sp³-hybridized carbons (Fsp3) is 0.241. The smallest absolute Gasteiger partial charge is 0.227 e. The van der Waals surface area contributed by atoms with Gasteiger partial charge >= 0.3 is 0 Å². The predicted molar refractivity (Wildman–Crippen MR) is 141 cm³/mol. The largest absolute Gasteiger partial charge is 0.339 e. The highest BCUT2D eigenvalue weighted by Crippen LogP contribution is 2.19. The van der Waals surface area contributed by atoms with Gasteiger partial charge in [0.2, 0.25) is 17.6 Å². The van der Waals surface area contributed by atoms with Crippen molar-refractivity contribution >= 4 is 22.6 Å². The first-order valence-electron chi connectivity index (χ1n) is 12.3. The normalized spacial score (nSPS) is 11.2. The summed E-state index contributed by atoms with van der Waals surface area (Å²) in [6, 6.07) is 24.2. The highest BCUT2D eigenvalue weighted by atomic mass is 16.5. The number of amides is 1. The SMILES string of the molecule is CCn1c(CCc2ccc(NC(=O)CCc3nc(-c4ccc(C)cc4)no3)cc2)nc2ccccc21. The minimum absolute atomic E-state index is 0.0884. The van der Waals surface area contributed by atoms with Crippen molar-refractivity contribution in [3.05, 3.63) is 95.6 Å². The number of nitrogens with zero attached hydrogens (tertiary/aromatic N) is 4. The molecule has 2 heterocycles. The van der Waals surface area contributed by atoms with E-state index in [-0.39, 0.29) is 12.3 Å². The van der Waals surface area contributed by atoms with Crippen LogP contribution in [0.2, 0.25) is 0 Å². The molecule has 1 N–H and O–H groups in total. The number of benzene rings is 3. The van der Waals surface area contributed by atoms with Gasteiger partial charge < -0.3 is 14.4 Å². The number of rotatable bonds is 9. The maximum atomic E-state index is 12.4. The lowest BCUT2D eigenvalue weighted by atomic mass is 10.1. The number of hydrogen-bond acceptors (Lipinski definition) is 5. The van der Waals surface area contributed by atoms with E-state index in [1.54, 1.807) is 0 Å². The first-order chi connectivity index (χ1) is 17.6. The van der Waals surface area contributed by atoms with Gasteiger partial charge in [0.25, 0.3) is 0 Å². The van der Waals surface area contributed by atoms with E-state index in [2.05, 4.69) is 57.3 Å². The van der Waals surface area contributed by atoms with Crippen LogP contribution in [0.4, 0.5) is 5.69 Å². The van der Waals surface area contributed by atoms with Crippen LogP contribution < -0.4 is 5.32 Å². The molecule has 0 saturated carbocycles. The highest BCUT2D eigenvalue weighted by Gasteiger charge is 2.12. The average molecular weight is 480 g/mol. The fourth-order valence-corrected chi connectivity index (χ4v) is 4.30. The Hall–Kier alpha value is -4.26. The lowest BCUT2D eigenvalue weighted by molar-refractivity contribution is -0.116. The first kappa shape index (κ1) is 23.5. The molecule has 0 radical (unpaired) electrons. The van der Waals surface area contributed by atoms with Gasteiger partial charge in [-0.3, -0.25) is 4.79 Å². The Morgan fingerprint density at radius 1 is 0.917 bits per heavy atom. The van der Waals surface area contributed by atoms with Crippen LogP contribution in [0, 0.1) is 6.92 Å². The van der Waals surface area contributed by atoms with E-state index in [0.29, 0.717) is 18.1 Å². The Morgan fingerprint density at radius 2 is 1.69 bits per heavy atom. The Balaban J connectivity index is 1.12. The summed E-state index contributed by atoms with van der Waals surface area (Å²) in [6.45, 7) is 5.08. The summed E-state index contributed by atoms with van der Waals surface area (Å²) in [5.41, 5.74) is 6.27. The molecule has 2 aromatic heterocycles. The molecule has 1 amide bonds. The van der Waals surface area contributed by atoms with E-state index in [1.165, 1.54) is 16.6 Å². The average Bonchev–Trinajstić information content (AvgIpc) is 3.52. The van der Waals surface area contributed by atoms with E-state index >= 15 is 0 Å². The van der Waals surface area contributed by atoms with Crippen LogP contribution in [0.1, 0.15) is 36.2 Å². The Kier molecular flexibility index (Phi) is 6.89. The van der Waals surface area contributed by atoms with Crippen LogP contribution in [0.15, 0.2) is 77.3 Å². The van der Waals surface area contributed by atoms with Crippen LogP contribution in [-0.4, -0.2) is 25.6 Å². The quantitative estimate of drug-likeness (QED) is 0.290. The second-order valence-electron chi connectivity index (χ2n) is 8.88. The minimum atomic E-state index is -0.0884. The molecule has 182 valence electrons. The fourth-order valence-electron chi connectivity index (χ4n) is 4.30. The van der Waals surface area contributed by atoms with Crippen molar-refractivity contribution in [1.82, 2.24) is 19.7 Å². The van der Waals surface area contributed by atoms with Gasteiger partial charge in [-0.05, 0) is 50.1 Å². The summed E-state index contributed by atoms with van der Waals surface area (Å²) < 4.78 is 7.59. The van der Waals surface area contributed by atoms with Crippen LogP contribution in [0.3, 0.4) is 0 Å². The third kappa shape index (κ3) is 5.35. The van der Waals surface area contributed by atoms with Gasteiger partial charge in [-0.2, -0.15) is 4.98 Å². The number of para-hydroxylation sites is 2. The van der Waals surface area contributed by atoms with Gasteiger partial charge in [-0.15, -0.1) is 0 Å².